The minimum Gasteiger partial charge on any atom is -0.326 e. The fourth-order valence-corrected chi connectivity index (χ4v) is 2.35. The van der Waals surface area contributed by atoms with Crippen molar-refractivity contribution in [2.45, 2.75) is 13.8 Å². The van der Waals surface area contributed by atoms with Crippen molar-refractivity contribution in [2.75, 3.05) is 10.6 Å². The molecule has 2 aromatic carbocycles. The lowest BCUT2D eigenvalue weighted by atomic mass is 10.0. The predicted molar refractivity (Wildman–Crippen MR) is 85.9 cm³/mol. The highest BCUT2D eigenvalue weighted by Gasteiger charge is 2.26. The molecule has 0 atom stereocenters. The van der Waals surface area contributed by atoms with Crippen LogP contribution in [-0.4, -0.2) is 21.7 Å². The first-order valence-electron chi connectivity index (χ1n) is 6.66. The Balaban J connectivity index is 2.99. The molecule has 0 aromatic heterocycles. The van der Waals surface area contributed by atoms with Crippen LogP contribution in [0.5, 0.6) is 0 Å². The molecular formula is C14H12N4O6. The number of hydrogen-bond acceptors (Lipinski definition) is 6. The van der Waals surface area contributed by atoms with Crippen molar-refractivity contribution in [3.8, 4) is 0 Å². The Kier molecular flexibility index (Phi) is 4.40. The van der Waals surface area contributed by atoms with Crippen molar-refractivity contribution in [2.24, 2.45) is 0 Å². The Labute approximate surface area is 134 Å². The summed E-state index contributed by atoms with van der Waals surface area (Å²) in [7, 11) is 0. The van der Waals surface area contributed by atoms with E-state index in [0.29, 0.717) is 0 Å². The molecule has 0 spiro atoms. The molecule has 0 saturated carbocycles. The van der Waals surface area contributed by atoms with E-state index in [4.69, 9.17) is 0 Å². The van der Waals surface area contributed by atoms with E-state index in [1.54, 1.807) is 0 Å². The molecule has 2 amide bonds. The number of carbonyl (C=O) groups excluding carboxylic acids is 2. The molecule has 2 aromatic rings. The third kappa shape index (κ3) is 3.11. The maximum atomic E-state index is 11.3. The first-order valence-corrected chi connectivity index (χ1v) is 6.66. The Hall–Kier alpha value is -3.56. The maximum absolute atomic E-state index is 11.3. The van der Waals surface area contributed by atoms with E-state index in [1.807, 2.05) is 0 Å². The van der Waals surface area contributed by atoms with Gasteiger partial charge >= 0.3 is 0 Å². The summed E-state index contributed by atoms with van der Waals surface area (Å²) in [6.45, 7) is 2.41. The fourth-order valence-electron chi connectivity index (χ4n) is 2.35. The van der Waals surface area contributed by atoms with Gasteiger partial charge in [0.1, 0.15) is 0 Å². The van der Waals surface area contributed by atoms with Crippen LogP contribution in [0.15, 0.2) is 24.3 Å². The molecule has 0 saturated heterocycles. The zero-order chi connectivity index (χ0) is 18.0. The number of nitro groups is 2. The van der Waals surface area contributed by atoms with Gasteiger partial charge in [-0.05, 0) is 12.1 Å². The molecular weight excluding hydrogens is 320 g/mol. The number of anilines is 2. The summed E-state index contributed by atoms with van der Waals surface area (Å²) in [6, 6.07) is 4.66. The number of carbonyl (C=O) groups is 2. The second kappa shape index (κ2) is 6.28. The van der Waals surface area contributed by atoms with Crippen molar-refractivity contribution in [3.05, 3.63) is 44.5 Å². The number of nitrogens with one attached hydrogen (secondary N) is 2. The number of fused-ring (bicyclic) bond motifs is 1. The summed E-state index contributed by atoms with van der Waals surface area (Å²) in [5.41, 5.74) is -0.762. The highest BCUT2D eigenvalue weighted by atomic mass is 16.6. The number of nitro benzene ring substituents is 2. The van der Waals surface area contributed by atoms with Gasteiger partial charge in [0.15, 0.2) is 0 Å². The van der Waals surface area contributed by atoms with Crippen LogP contribution in [0.3, 0.4) is 0 Å². The van der Waals surface area contributed by atoms with E-state index in [-0.39, 0.29) is 22.1 Å². The van der Waals surface area contributed by atoms with E-state index >= 15 is 0 Å². The van der Waals surface area contributed by atoms with Crippen LogP contribution >= 0.6 is 0 Å². The molecule has 0 radical (unpaired) electrons. The molecule has 124 valence electrons. The van der Waals surface area contributed by atoms with E-state index in [1.165, 1.54) is 26.0 Å². The van der Waals surface area contributed by atoms with E-state index in [0.717, 1.165) is 12.1 Å². The Morgan fingerprint density at radius 1 is 0.792 bits per heavy atom. The molecule has 0 unspecified atom stereocenters. The molecule has 2 rings (SSSR count). The lowest BCUT2D eigenvalue weighted by Crippen LogP contribution is -2.10. The number of hydrogen-bond donors (Lipinski definition) is 2. The Bertz CT molecular complexity index is 819. The average Bonchev–Trinajstić information content (AvgIpc) is 2.46. The molecule has 10 nitrogen and oxygen atoms in total. The van der Waals surface area contributed by atoms with Crippen molar-refractivity contribution >= 4 is 45.3 Å². The third-order valence-corrected chi connectivity index (χ3v) is 3.13. The summed E-state index contributed by atoms with van der Waals surface area (Å²) in [5.74, 6) is -0.992. The zero-order valence-electron chi connectivity index (χ0n) is 12.7. The highest BCUT2D eigenvalue weighted by Crippen LogP contribution is 2.42. The lowest BCUT2D eigenvalue weighted by Gasteiger charge is -2.12. The van der Waals surface area contributed by atoms with Crippen molar-refractivity contribution in [3.63, 3.8) is 0 Å². The standard InChI is InChI=1S/C14H12N4O6/c1-7(19)15-9-3-5-12(18(23)24)14-10(16-8(2)20)4-6-11(13(9)14)17(21)22/h3-6H,1-2H3,(H,15,19)(H,16,20). The topological polar surface area (TPSA) is 144 Å². The first-order chi connectivity index (χ1) is 11.2. The largest absolute Gasteiger partial charge is 0.326 e. The van der Waals surface area contributed by atoms with Gasteiger partial charge < -0.3 is 10.6 Å². The Morgan fingerprint density at radius 2 is 1.12 bits per heavy atom. The molecule has 10 heteroatoms. The molecule has 0 aliphatic carbocycles. The second-order valence-electron chi connectivity index (χ2n) is 4.89. The molecule has 0 heterocycles. The monoisotopic (exact) mass is 332 g/mol. The van der Waals surface area contributed by atoms with Crippen molar-refractivity contribution < 1.29 is 19.4 Å². The average molecular weight is 332 g/mol. The summed E-state index contributed by atoms with van der Waals surface area (Å²) in [5, 5.41) is 27.2. The summed E-state index contributed by atoms with van der Waals surface area (Å²) in [4.78, 5) is 43.8. The van der Waals surface area contributed by atoms with E-state index < -0.39 is 33.0 Å². The van der Waals surface area contributed by atoms with Gasteiger partial charge in [0.25, 0.3) is 11.4 Å². The SMILES string of the molecule is CC(=O)Nc1ccc([N+](=O)[O-])c2c(NC(C)=O)ccc([N+](=O)[O-])c12. The van der Waals surface area contributed by atoms with Crippen LogP contribution in [0.25, 0.3) is 10.8 Å². The summed E-state index contributed by atoms with van der Waals surface area (Å²) < 4.78 is 0. The molecule has 0 fully saturated rings. The van der Waals surface area contributed by atoms with Gasteiger partial charge in [-0.3, -0.25) is 29.8 Å². The quantitative estimate of drug-likeness (QED) is 0.650. The van der Waals surface area contributed by atoms with Gasteiger partial charge in [0, 0.05) is 26.0 Å². The van der Waals surface area contributed by atoms with Gasteiger partial charge in [-0.2, -0.15) is 0 Å². The van der Waals surface area contributed by atoms with Crippen LogP contribution in [0, 0.1) is 20.2 Å². The van der Waals surface area contributed by atoms with Gasteiger partial charge in [-0.1, -0.05) is 0 Å². The number of amides is 2. The number of non-ortho nitro benzene ring substituents is 2. The Morgan fingerprint density at radius 3 is 1.38 bits per heavy atom. The van der Waals surface area contributed by atoms with Gasteiger partial charge in [-0.15, -0.1) is 0 Å². The van der Waals surface area contributed by atoms with Crippen LogP contribution in [0.2, 0.25) is 0 Å². The first kappa shape index (κ1) is 16.8. The summed E-state index contributed by atoms with van der Waals surface area (Å²) >= 11 is 0. The molecule has 24 heavy (non-hydrogen) atoms. The van der Waals surface area contributed by atoms with Crippen molar-refractivity contribution in [1.29, 1.82) is 0 Å². The third-order valence-electron chi connectivity index (χ3n) is 3.13. The summed E-state index contributed by atoms with van der Waals surface area (Å²) in [6.07, 6.45) is 0. The minimum atomic E-state index is -0.713. The number of benzene rings is 2. The van der Waals surface area contributed by atoms with E-state index in [2.05, 4.69) is 10.6 Å². The number of rotatable bonds is 4. The normalized spacial score (nSPS) is 10.2. The van der Waals surface area contributed by atoms with Crippen LogP contribution in [-0.2, 0) is 9.59 Å². The maximum Gasteiger partial charge on any atom is 0.279 e. The highest BCUT2D eigenvalue weighted by molar-refractivity contribution is 6.15. The lowest BCUT2D eigenvalue weighted by molar-refractivity contribution is -0.384. The molecule has 0 aliphatic heterocycles. The zero-order valence-corrected chi connectivity index (χ0v) is 12.7. The molecule has 2 N–H and O–H groups in total. The second-order valence-corrected chi connectivity index (χ2v) is 4.89. The van der Waals surface area contributed by atoms with Gasteiger partial charge in [0.05, 0.1) is 32.0 Å². The van der Waals surface area contributed by atoms with Crippen LogP contribution in [0.4, 0.5) is 22.7 Å². The van der Waals surface area contributed by atoms with E-state index in [9.17, 15) is 29.8 Å². The fraction of sp³-hybridized carbons (Fsp3) is 0.143. The van der Waals surface area contributed by atoms with Gasteiger partial charge in [0.2, 0.25) is 11.8 Å². The molecule has 0 bridgehead atoms. The molecule has 0 aliphatic rings. The van der Waals surface area contributed by atoms with Gasteiger partial charge in [-0.25, -0.2) is 0 Å². The predicted octanol–water partition coefficient (Wildman–Crippen LogP) is 2.57. The minimum absolute atomic E-state index is 0.0435. The van der Waals surface area contributed by atoms with Crippen molar-refractivity contribution in [1.82, 2.24) is 0 Å². The van der Waals surface area contributed by atoms with Crippen LogP contribution < -0.4 is 10.6 Å². The van der Waals surface area contributed by atoms with Crippen LogP contribution in [0.1, 0.15) is 13.8 Å². The smallest absolute Gasteiger partial charge is 0.279 e. The number of nitrogens with zero attached hydrogens (tertiary/aromatic N) is 2.